The Balaban J connectivity index is 1.85. The van der Waals surface area contributed by atoms with Gasteiger partial charge in [-0.25, -0.2) is 4.79 Å². The van der Waals surface area contributed by atoms with Crippen molar-refractivity contribution in [1.82, 2.24) is 4.90 Å². The number of methoxy groups -OCH3 is 1. The average Bonchev–Trinajstić information content (AvgIpc) is 3.00. The van der Waals surface area contributed by atoms with E-state index in [4.69, 9.17) is 4.74 Å². The maximum absolute atomic E-state index is 12.6. The van der Waals surface area contributed by atoms with Gasteiger partial charge < -0.3 is 15.0 Å². The van der Waals surface area contributed by atoms with Gasteiger partial charge in [-0.05, 0) is 37.0 Å². The highest BCUT2D eigenvalue weighted by Crippen LogP contribution is 2.37. The van der Waals surface area contributed by atoms with Crippen LogP contribution in [-0.4, -0.2) is 36.3 Å². The minimum Gasteiger partial charge on any atom is -0.465 e. The molecule has 6 nitrogen and oxygen atoms in total. The number of nitrogens with one attached hydrogen (secondary N) is 1. The number of aryl methyl sites for hydroxylation is 2. The third-order valence-electron chi connectivity index (χ3n) is 4.99. The van der Waals surface area contributed by atoms with E-state index in [1.807, 2.05) is 32.0 Å². The van der Waals surface area contributed by atoms with Crippen molar-refractivity contribution in [3.05, 3.63) is 50.9 Å². The summed E-state index contributed by atoms with van der Waals surface area (Å²) in [5.74, 6) is -0.645. The summed E-state index contributed by atoms with van der Waals surface area (Å²) in [7, 11) is 1.33. The van der Waals surface area contributed by atoms with Crippen LogP contribution in [0, 0.1) is 13.8 Å². The molecule has 2 aromatic rings. The molecular formula is C21H24N2O4S. The van der Waals surface area contributed by atoms with Gasteiger partial charge in [0.15, 0.2) is 0 Å². The van der Waals surface area contributed by atoms with Crippen molar-refractivity contribution >= 4 is 34.1 Å². The first-order valence-electron chi connectivity index (χ1n) is 9.14. The number of benzene rings is 1. The van der Waals surface area contributed by atoms with E-state index in [1.165, 1.54) is 25.4 Å². The molecule has 7 heteroatoms. The first-order valence-corrected chi connectivity index (χ1v) is 9.96. The number of amides is 2. The Morgan fingerprint density at radius 3 is 2.64 bits per heavy atom. The van der Waals surface area contributed by atoms with Gasteiger partial charge in [0, 0.05) is 18.3 Å². The summed E-state index contributed by atoms with van der Waals surface area (Å²) in [6, 6.07) is 5.98. The van der Waals surface area contributed by atoms with Crippen molar-refractivity contribution in [1.29, 1.82) is 0 Å². The molecule has 1 aromatic heterocycles. The molecule has 28 heavy (non-hydrogen) atoms. The van der Waals surface area contributed by atoms with Gasteiger partial charge in [-0.3, -0.25) is 9.59 Å². The van der Waals surface area contributed by atoms with Crippen LogP contribution in [0.2, 0.25) is 0 Å². The predicted octanol–water partition coefficient (Wildman–Crippen LogP) is 3.24. The number of carbonyl (C=O) groups excluding carboxylic acids is 3. The average molecular weight is 401 g/mol. The van der Waals surface area contributed by atoms with Crippen LogP contribution in [0.25, 0.3) is 0 Å². The lowest BCUT2D eigenvalue weighted by Crippen LogP contribution is -2.33. The molecule has 0 bridgehead atoms. The first kappa shape index (κ1) is 20.1. The third kappa shape index (κ3) is 4.09. The number of carbonyl (C=O) groups is 3. The Bertz CT molecular complexity index is 948. The lowest BCUT2D eigenvalue weighted by atomic mass is 10.0. The monoisotopic (exact) mass is 400 g/mol. The van der Waals surface area contributed by atoms with Crippen LogP contribution < -0.4 is 5.32 Å². The fourth-order valence-corrected chi connectivity index (χ4v) is 4.73. The molecule has 3 rings (SSSR count). The Morgan fingerprint density at radius 2 is 2.00 bits per heavy atom. The van der Waals surface area contributed by atoms with Crippen LogP contribution in [-0.2, 0) is 33.7 Å². The molecule has 0 aliphatic carbocycles. The van der Waals surface area contributed by atoms with E-state index in [-0.39, 0.29) is 18.2 Å². The van der Waals surface area contributed by atoms with Gasteiger partial charge in [0.2, 0.25) is 11.8 Å². The van der Waals surface area contributed by atoms with Gasteiger partial charge in [0.1, 0.15) is 5.00 Å². The molecule has 2 heterocycles. The summed E-state index contributed by atoms with van der Waals surface area (Å²) >= 11 is 1.35. The topological polar surface area (TPSA) is 75.7 Å². The standard InChI is InChI=1S/C21H24N2O4S/c1-12-5-6-15(13(2)9-12)10-18(25)22-20-19(21(26)27-4)16-7-8-23(14(3)24)11-17(16)28-20/h5-6,9H,7-8,10-11H2,1-4H3,(H,22,25). The van der Waals surface area contributed by atoms with Crippen molar-refractivity contribution in [2.24, 2.45) is 0 Å². The van der Waals surface area contributed by atoms with Crippen molar-refractivity contribution in [2.45, 2.75) is 40.2 Å². The molecule has 2 amide bonds. The largest absolute Gasteiger partial charge is 0.465 e. The van der Waals surface area contributed by atoms with Crippen LogP contribution in [0.1, 0.15) is 44.4 Å². The number of hydrogen-bond acceptors (Lipinski definition) is 5. The summed E-state index contributed by atoms with van der Waals surface area (Å²) in [5, 5.41) is 3.39. The van der Waals surface area contributed by atoms with Gasteiger partial charge in [0.25, 0.3) is 0 Å². The van der Waals surface area contributed by atoms with E-state index in [0.29, 0.717) is 30.1 Å². The number of rotatable bonds is 4. The quantitative estimate of drug-likeness (QED) is 0.800. The second kappa shape index (κ2) is 8.14. The molecule has 0 saturated carbocycles. The SMILES string of the molecule is COC(=O)c1c(NC(=O)Cc2ccc(C)cc2C)sc2c1CCN(C(C)=O)C2. The molecule has 1 aliphatic heterocycles. The molecule has 1 aromatic carbocycles. The van der Waals surface area contributed by atoms with Crippen LogP contribution in [0.4, 0.5) is 5.00 Å². The molecule has 0 saturated heterocycles. The third-order valence-corrected chi connectivity index (χ3v) is 6.13. The van der Waals surface area contributed by atoms with E-state index in [9.17, 15) is 14.4 Å². The zero-order valence-corrected chi connectivity index (χ0v) is 17.4. The summed E-state index contributed by atoms with van der Waals surface area (Å²) in [5.41, 5.74) is 4.45. The maximum atomic E-state index is 12.6. The molecule has 0 radical (unpaired) electrons. The summed E-state index contributed by atoms with van der Waals surface area (Å²) in [6.07, 6.45) is 0.803. The zero-order valence-electron chi connectivity index (χ0n) is 16.5. The summed E-state index contributed by atoms with van der Waals surface area (Å²) in [4.78, 5) is 39.4. The predicted molar refractivity (Wildman–Crippen MR) is 109 cm³/mol. The molecule has 0 unspecified atom stereocenters. The second-order valence-electron chi connectivity index (χ2n) is 7.04. The molecular weight excluding hydrogens is 376 g/mol. The number of anilines is 1. The Kier molecular flexibility index (Phi) is 5.84. The lowest BCUT2D eigenvalue weighted by Gasteiger charge is -2.25. The second-order valence-corrected chi connectivity index (χ2v) is 8.15. The molecule has 0 fully saturated rings. The van der Waals surface area contributed by atoms with E-state index in [2.05, 4.69) is 5.32 Å². The number of fused-ring (bicyclic) bond motifs is 1. The van der Waals surface area contributed by atoms with Crippen LogP contribution in [0.15, 0.2) is 18.2 Å². The Labute approximate surface area is 168 Å². The lowest BCUT2D eigenvalue weighted by molar-refractivity contribution is -0.129. The summed E-state index contributed by atoms with van der Waals surface area (Å²) < 4.78 is 4.94. The molecule has 148 valence electrons. The van der Waals surface area contributed by atoms with Crippen molar-refractivity contribution < 1.29 is 19.1 Å². The minimum atomic E-state index is -0.462. The number of nitrogens with zero attached hydrogens (tertiary/aromatic N) is 1. The number of thiophene rings is 1. The van der Waals surface area contributed by atoms with Crippen LogP contribution in [0.5, 0.6) is 0 Å². The van der Waals surface area contributed by atoms with Crippen molar-refractivity contribution in [2.75, 3.05) is 19.0 Å². The highest BCUT2D eigenvalue weighted by molar-refractivity contribution is 7.17. The smallest absolute Gasteiger partial charge is 0.341 e. The van der Waals surface area contributed by atoms with Gasteiger partial charge in [-0.15, -0.1) is 11.3 Å². The molecule has 0 spiro atoms. The van der Waals surface area contributed by atoms with E-state index < -0.39 is 5.97 Å². The van der Waals surface area contributed by atoms with E-state index >= 15 is 0 Å². The van der Waals surface area contributed by atoms with Gasteiger partial charge >= 0.3 is 5.97 Å². The number of hydrogen-bond donors (Lipinski definition) is 1. The Hall–Kier alpha value is -2.67. The van der Waals surface area contributed by atoms with Crippen molar-refractivity contribution in [3.63, 3.8) is 0 Å². The minimum absolute atomic E-state index is 0.000833. The van der Waals surface area contributed by atoms with Crippen LogP contribution in [0.3, 0.4) is 0 Å². The Morgan fingerprint density at radius 1 is 1.25 bits per heavy atom. The van der Waals surface area contributed by atoms with Gasteiger partial charge in [-0.1, -0.05) is 23.8 Å². The normalized spacial score (nSPS) is 13.1. The molecule has 1 aliphatic rings. The first-order chi connectivity index (χ1) is 13.3. The fraction of sp³-hybridized carbons (Fsp3) is 0.381. The van der Waals surface area contributed by atoms with E-state index in [0.717, 1.165) is 27.1 Å². The fourth-order valence-electron chi connectivity index (χ4n) is 3.47. The van der Waals surface area contributed by atoms with Crippen molar-refractivity contribution in [3.8, 4) is 0 Å². The number of ether oxygens (including phenoxy) is 1. The van der Waals surface area contributed by atoms with Gasteiger partial charge in [0.05, 0.1) is 25.6 Å². The highest BCUT2D eigenvalue weighted by Gasteiger charge is 2.30. The number of esters is 1. The van der Waals surface area contributed by atoms with Gasteiger partial charge in [-0.2, -0.15) is 0 Å². The summed E-state index contributed by atoms with van der Waals surface area (Å²) in [6.45, 7) is 6.54. The molecule has 1 N–H and O–H groups in total. The zero-order chi connectivity index (χ0) is 20.4. The highest BCUT2D eigenvalue weighted by atomic mass is 32.1. The molecule has 0 atom stereocenters. The maximum Gasteiger partial charge on any atom is 0.341 e. The van der Waals surface area contributed by atoms with E-state index in [1.54, 1.807) is 4.90 Å². The van der Waals surface area contributed by atoms with Crippen LogP contribution >= 0.6 is 11.3 Å².